The van der Waals surface area contributed by atoms with Crippen LogP contribution in [0.15, 0.2) is 41.9 Å². The Balaban J connectivity index is 1.80. The Bertz CT molecular complexity index is 841. The van der Waals surface area contributed by atoms with Gasteiger partial charge >= 0.3 is 0 Å². The number of benzene rings is 1. The van der Waals surface area contributed by atoms with Crippen molar-refractivity contribution in [1.82, 2.24) is 18.9 Å². The molecule has 27 heavy (non-hydrogen) atoms. The van der Waals surface area contributed by atoms with Gasteiger partial charge in [-0.05, 0) is 32.0 Å². The Kier molecular flexibility index (Phi) is 6.72. The van der Waals surface area contributed by atoms with Crippen LogP contribution < -0.4 is 4.72 Å². The van der Waals surface area contributed by atoms with Crippen molar-refractivity contribution in [3.8, 4) is 0 Å². The van der Waals surface area contributed by atoms with Crippen molar-refractivity contribution in [2.75, 3.05) is 33.2 Å². The van der Waals surface area contributed by atoms with Gasteiger partial charge in [-0.3, -0.25) is 4.79 Å². The number of likely N-dealkylation sites (N-methyl/N-ethyl adjacent to an activating group) is 1. The number of carbonyl (C=O) groups is 1. The lowest BCUT2D eigenvalue weighted by Gasteiger charge is -2.24. The highest BCUT2D eigenvalue weighted by Crippen LogP contribution is 2.14. The van der Waals surface area contributed by atoms with E-state index < -0.39 is 16.3 Å². The van der Waals surface area contributed by atoms with Crippen molar-refractivity contribution in [3.05, 3.63) is 52.5 Å². The number of hydrogen-bond acceptors (Lipinski definition) is 6. The average Bonchev–Trinajstić information content (AvgIpc) is 3.09. The molecule has 0 aliphatic carbocycles. The van der Waals surface area contributed by atoms with Crippen LogP contribution in [0.2, 0.25) is 0 Å². The Morgan fingerprint density at radius 1 is 1.22 bits per heavy atom. The Morgan fingerprint density at radius 3 is 2.70 bits per heavy atom. The van der Waals surface area contributed by atoms with E-state index in [0.29, 0.717) is 24.6 Å². The first kappa shape index (κ1) is 20.1. The number of rotatable bonds is 7. The Labute approximate surface area is 164 Å². The predicted molar refractivity (Wildman–Crippen MR) is 106 cm³/mol. The molecule has 3 rings (SSSR count). The van der Waals surface area contributed by atoms with Crippen LogP contribution in [0.3, 0.4) is 0 Å². The van der Waals surface area contributed by atoms with Crippen LogP contribution in [0, 0.1) is 0 Å². The fraction of sp³-hybridized carbons (Fsp3) is 0.444. The molecule has 1 aliphatic heterocycles. The van der Waals surface area contributed by atoms with Crippen molar-refractivity contribution in [3.63, 3.8) is 0 Å². The largest absolute Gasteiger partial charge is 0.305 e. The first-order valence-corrected chi connectivity index (χ1v) is 11.2. The Hall–Kier alpha value is -1.65. The minimum absolute atomic E-state index is 0.284. The molecular weight excluding hydrogens is 384 g/mol. The van der Waals surface area contributed by atoms with E-state index in [0.717, 1.165) is 18.5 Å². The van der Waals surface area contributed by atoms with Gasteiger partial charge in [0.15, 0.2) is 5.01 Å². The maximum Gasteiger partial charge on any atom is 0.280 e. The van der Waals surface area contributed by atoms with Crippen LogP contribution >= 0.6 is 11.3 Å². The molecule has 0 bridgehead atoms. The summed E-state index contributed by atoms with van der Waals surface area (Å²) in [4.78, 5) is 19.1. The molecule has 1 saturated heterocycles. The number of thiazole rings is 1. The molecule has 146 valence electrons. The number of aromatic nitrogens is 1. The molecule has 1 aliphatic rings. The van der Waals surface area contributed by atoms with Gasteiger partial charge in [0, 0.05) is 31.2 Å². The molecule has 7 nitrogen and oxygen atoms in total. The first-order valence-electron chi connectivity index (χ1n) is 8.89. The maximum atomic E-state index is 12.9. The number of ketones is 1. The minimum atomic E-state index is -3.77. The van der Waals surface area contributed by atoms with Crippen molar-refractivity contribution >= 4 is 27.3 Å². The molecule has 0 spiro atoms. The van der Waals surface area contributed by atoms with E-state index in [9.17, 15) is 13.2 Å². The lowest BCUT2D eigenvalue weighted by molar-refractivity contribution is 0.0951. The lowest BCUT2D eigenvalue weighted by Crippen LogP contribution is -2.50. The van der Waals surface area contributed by atoms with Crippen LogP contribution in [0.4, 0.5) is 0 Å². The molecular formula is C18H24N4O3S2. The van der Waals surface area contributed by atoms with E-state index in [2.05, 4.69) is 14.6 Å². The summed E-state index contributed by atoms with van der Waals surface area (Å²) in [6.45, 7) is 2.39. The van der Waals surface area contributed by atoms with Crippen molar-refractivity contribution in [2.45, 2.75) is 18.9 Å². The third-order valence-corrected chi connectivity index (χ3v) is 6.97. The number of Topliss-reactive ketones (excluding diaryl/α,β-unsaturated/α-hetero) is 1. The summed E-state index contributed by atoms with van der Waals surface area (Å²) < 4.78 is 30.0. The smallest absolute Gasteiger partial charge is 0.280 e. The van der Waals surface area contributed by atoms with Gasteiger partial charge in [0.1, 0.15) is 0 Å². The summed E-state index contributed by atoms with van der Waals surface area (Å²) in [6.07, 6.45) is 2.60. The molecule has 2 heterocycles. The number of hydrogen-bond donors (Lipinski definition) is 1. The second kappa shape index (κ2) is 9.03. The van der Waals surface area contributed by atoms with Gasteiger partial charge < -0.3 is 4.90 Å². The molecule has 1 aromatic carbocycles. The fourth-order valence-corrected chi connectivity index (χ4v) is 5.07. The van der Waals surface area contributed by atoms with E-state index >= 15 is 0 Å². The van der Waals surface area contributed by atoms with Crippen molar-refractivity contribution in [2.24, 2.45) is 0 Å². The maximum absolute atomic E-state index is 12.9. The van der Waals surface area contributed by atoms with Gasteiger partial charge in [0.25, 0.3) is 10.2 Å². The second-order valence-corrected chi connectivity index (χ2v) is 9.22. The highest BCUT2D eigenvalue weighted by molar-refractivity contribution is 7.87. The molecule has 1 fully saturated rings. The third-order valence-electron chi connectivity index (χ3n) is 4.55. The second-order valence-electron chi connectivity index (χ2n) is 6.62. The van der Waals surface area contributed by atoms with Crippen molar-refractivity contribution < 1.29 is 13.2 Å². The number of nitrogens with one attached hydrogen (secondary N) is 1. The fourth-order valence-electron chi connectivity index (χ4n) is 3.05. The van der Waals surface area contributed by atoms with Gasteiger partial charge in [-0.15, -0.1) is 11.3 Å². The van der Waals surface area contributed by atoms with E-state index in [-0.39, 0.29) is 12.2 Å². The van der Waals surface area contributed by atoms with Crippen LogP contribution in [-0.2, 0) is 16.6 Å². The Morgan fingerprint density at radius 2 is 2.00 bits per heavy atom. The van der Waals surface area contributed by atoms with Gasteiger partial charge in [0.05, 0.1) is 6.04 Å². The highest BCUT2D eigenvalue weighted by Gasteiger charge is 2.31. The zero-order valence-corrected chi connectivity index (χ0v) is 16.9. The quantitative estimate of drug-likeness (QED) is 0.701. The van der Waals surface area contributed by atoms with E-state index in [1.54, 1.807) is 11.6 Å². The van der Waals surface area contributed by atoms with Crippen LogP contribution in [0.25, 0.3) is 0 Å². The molecule has 0 amide bonds. The van der Waals surface area contributed by atoms with Gasteiger partial charge in [0.2, 0.25) is 5.78 Å². The minimum Gasteiger partial charge on any atom is -0.305 e. The molecule has 1 N–H and O–H groups in total. The predicted octanol–water partition coefficient (Wildman–Crippen LogP) is 1.41. The molecule has 2 aromatic rings. The first-order chi connectivity index (χ1) is 13.0. The standard InChI is InChI=1S/C18H24N4O3S2/c1-21-9-5-10-22(12-11-21)27(24,25)20-16(14-15-6-3-2-4-7-15)17(23)18-19-8-13-26-18/h2-4,6-8,13,16,20H,5,9-12,14H2,1H3/t16-/m0/s1. The van der Waals surface area contributed by atoms with E-state index in [1.807, 2.05) is 37.4 Å². The molecule has 0 radical (unpaired) electrons. The van der Waals surface area contributed by atoms with Crippen molar-refractivity contribution in [1.29, 1.82) is 0 Å². The number of carbonyl (C=O) groups excluding carboxylic acids is 1. The molecule has 9 heteroatoms. The number of nitrogens with zero attached hydrogens (tertiary/aromatic N) is 3. The van der Waals surface area contributed by atoms with Gasteiger partial charge in [-0.25, -0.2) is 4.98 Å². The average molecular weight is 409 g/mol. The molecule has 0 unspecified atom stereocenters. The van der Waals surface area contributed by atoms with Gasteiger partial charge in [-0.1, -0.05) is 30.3 Å². The zero-order valence-electron chi connectivity index (χ0n) is 15.2. The molecule has 1 aromatic heterocycles. The topological polar surface area (TPSA) is 82.6 Å². The third kappa shape index (κ3) is 5.43. The van der Waals surface area contributed by atoms with E-state index in [1.165, 1.54) is 15.6 Å². The summed E-state index contributed by atoms with van der Waals surface area (Å²) in [5.41, 5.74) is 0.894. The monoisotopic (exact) mass is 408 g/mol. The van der Waals surface area contributed by atoms with Crippen LogP contribution in [0.1, 0.15) is 21.8 Å². The zero-order chi connectivity index (χ0) is 19.3. The summed E-state index contributed by atoms with van der Waals surface area (Å²) in [7, 11) is -1.79. The van der Waals surface area contributed by atoms with E-state index in [4.69, 9.17) is 0 Å². The normalized spacial score (nSPS) is 18.1. The van der Waals surface area contributed by atoms with Crippen LogP contribution in [-0.4, -0.2) is 67.7 Å². The van der Waals surface area contributed by atoms with Gasteiger partial charge in [-0.2, -0.15) is 17.4 Å². The SMILES string of the molecule is CN1CCCN(S(=O)(=O)N[C@@H](Cc2ccccc2)C(=O)c2nccs2)CC1. The summed E-state index contributed by atoms with van der Waals surface area (Å²) >= 11 is 1.22. The summed E-state index contributed by atoms with van der Waals surface area (Å²) in [5, 5.41) is 2.03. The molecule has 1 atom stereocenters. The lowest BCUT2D eigenvalue weighted by atomic mass is 10.0. The highest BCUT2D eigenvalue weighted by atomic mass is 32.2. The summed E-state index contributed by atoms with van der Waals surface area (Å²) in [5.74, 6) is -0.302. The van der Waals surface area contributed by atoms with Crippen LogP contribution in [0.5, 0.6) is 0 Å². The summed E-state index contributed by atoms with van der Waals surface area (Å²) in [6, 6.07) is 8.52. The molecule has 0 saturated carbocycles.